The highest BCUT2D eigenvalue weighted by molar-refractivity contribution is 5.98. The summed E-state index contributed by atoms with van der Waals surface area (Å²) in [6.45, 7) is 1.93. The number of hydrogen-bond donors (Lipinski definition) is 2. The molecule has 2 aromatic rings. The van der Waals surface area contributed by atoms with E-state index in [9.17, 15) is 14.4 Å². The lowest BCUT2D eigenvalue weighted by molar-refractivity contribution is -0.143. The average Bonchev–Trinajstić information content (AvgIpc) is 2.74. The lowest BCUT2D eigenvalue weighted by Crippen LogP contribution is -2.42. The molecule has 0 fully saturated rings. The van der Waals surface area contributed by atoms with E-state index < -0.39 is 18.1 Å². The minimum absolute atomic E-state index is 0.0799. The van der Waals surface area contributed by atoms with Crippen molar-refractivity contribution < 1.29 is 23.9 Å². The number of carbonyl (C=O) groups is 3. The Bertz CT molecular complexity index is 852. The third-order valence-electron chi connectivity index (χ3n) is 4.47. The summed E-state index contributed by atoms with van der Waals surface area (Å²) in [7, 11) is 3.04. The Morgan fingerprint density at radius 2 is 1.79 bits per heavy atom. The third-order valence-corrected chi connectivity index (χ3v) is 4.47. The van der Waals surface area contributed by atoms with Gasteiger partial charge in [0.2, 0.25) is 0 Å². The number of esters is 1. The molecule has 0 aliphatic rings. The van der Waals surface area contributed by atoms with Crippen molar-refractivity contribution in [2.45, 2.75) is 32.4 Å². The van der Waals surface area contributed by atoms with Crippen LogP contribution in [0.25, 0.3) is 0 Å². The molecule has 0 saturated carbocycles. The number of benzene rings is 2. The number of nitrogens with one attached hydrogen (secondary N) is 2. The topological polar surface area (TPSA) is 93.7 Å². The van der Waals surface area contributed by atoms with Gasteiger partial charge >= 0.3 is 12.1 Å². The van der Waals surface area contributed by atoms with Crippen LogP contribution < -0.4 is 10.6 Å². The first-order chi connectivity index (χ1) is 13.9. The Kier molecular flexibility index (Phi) is 8.21. The molecule has 2 rings (SSSR count). The summed E-state index contributed by atoms with van der Waals surface area (Å²) in [5.74, 6) is -0.741. The third kappa shape index (κ3) is 6.64. The summed E-state index contributed by atoms with van der Waals surface area (Å²) in [4.78, 5) is 36.6. The van der Waals surface area contributed by atoms with E-state index in [0.717, 1.165) is 16.8 Å². The van der Waals surface area contributed by atoms with Gasteiger partial charge in [-0.2, -0.15) is 0 Å². The highest BCUT2D eigenvalue weighted by atomic mass is 16.6. The van der Waals surface area contributed by atoms with Crippen molar-refractivity contribution >= 4 is 23.5 Å². The second-order valence-electron chi connectivity index (χ2n) is 6.52. The lowest BCUT2D eigenvalue weighted by Gasteiger charge is -2.16. The molecule has 0 bridgehead atoms. The van der Waals surface area contributed by atoms with Crippen LogP contribution in [-0.2, 0) is 20.9 Å². The van der Waals surface area contributed by atoms with Crippen LogP contribution in [0.1, 0.15) is 34.3 Å². The normalized spacial score (nSPS) is 11.3. The van der Waals surface area contributed by atoms with E-state index in [-0.39, 0.29) is 25.2 Å². The Hall–Kier alpha value is -3.35. The van der Waals surface area contributed by atoms with Crippen molar-refractivity contribution in [1.82, 2.24) is 5.32 Å². The van der Waals surface area contributed by atoms with Crippen LogP contribution in [0.15, 0.2) is 48.5 Å². The van der Waals surface area contributed by atoms with E-state index in [4.69, 9.17) is 9.47 Å². The maximum Gasteiger partial charge on any atom is 0.408 e. The number of alkyl carbamates (subject to hydrolysis) is 1. The maximum absolute atomic E-state index is 12.6. The predicted molar refractivity (Wildman–Crippen MR) is 110 cm³/mol. The molecule has 0 aliphatic carbocycles. The minimum atomic E-state index is -0.968. The number of ether oxygens (including phenoxy) is 2. The van der Waals surface area contributed by atoms with Gasteiger partial charge in [0.05, 0.1) is 7.11 Å². The second-order valence-corrected chi connectivity index (χ2v) is 6.52. The molecule has 0 aliphatic heterocycles. The minimum Gasteiger partial charge on any atom is -0.467 e. The molecule has 0 heterocycles. The summed E-state index contributed by atoms with van der Waals surface area (Å²) >= 11 is 0. The zero-order valence-corrected chi connectivity index (χ0v) is 16.9. The van der Waals surface area contributed by atoms with E-state index in [1.807, 2.05) is 49.4 Å². The van der Waals surface area contributed by atoms with Crippen molar-refractivity contribution in [3.63, 3.8) is 0 Å². The van der Waals surface area contributed by atoms with Gasteiger partial charge in [0.25, 0.3) is 0 Å². The summed E-state index contributed by atoms with van der Waals surface area (Å²) in [6, 6.07) is 13.7. The smallest absolute Gasteiger partial charge is 0.408 e. The molecule has 154 valence electrons. The first-order valence-electron chi connectivity index (χ1n) is 9.31. The largest absolute Gasteiger partial charge is 0.467 e. The number of Topliss-reactive ketones (excluding diaryl/α,β-unsaturated/α-hetero) is 1. The number of anilines is 1. The molecule has 29 heavy (non-hydrogen) atoms. The van der Waals surface area contributed by atoms with E-state index in [1.54, 1.807) is 13.1 Å². The summed E-state index contributed by atoms with van der Waals surface area (Å²) in [5, 5.41) is 5.50. The van der Waals surface area contributed by atoms with Crippen molar-refractivity contribution in [1.29, 1.82) is 0 Å². The van der Waals surface area contributed by atoms with E-state index in [2.05, 4.69) is 10.6 Å². The van der Waals surface area contributed by atoms with Gasteiger partial charge in [-0.05, 0) is 42.7 Å². The van der Waals surface area contributed by atoms with E-state index in [0.29, 0.717) is 5.56 Å². The predicted octanol–water partition coefficient (Wildman–Crippen LogP) is 3.47. The zero-order chi connectivity index (χ0) is 21.2. The number of aryl methyl sites for hydroxylation is 1. The van der Waals surface area contributed by atoms with Crippen molar-refractivity contribution in [3.8, 4) is 0 Å². The molecule has 1 unspecified atom stereocenters. The fraction of sp³-hybridized carbons (Fsp3) is 0.318. The summed E-state index contributed by atoms with van der Waals surface area (Å²) in [5.41, 5.74) is 3.16. The molecule has 7 nitrogen and oxygen atoms in total. The molecule has 2 N–H and O–H groups in total. The van der Waals surface area contributed by atoms with Gasteiger partial charge in [0.1, 0.15) is 12.6 Å². The van der Waals surface area contributed by atoms with Gasteiger partial charge in [-0.1, -0.05) is 30.3 Å². The van der Waals surface area contributed by atoms with Gasteiger partial charge in [0, 0.05) is 24.7 Å². The molecule has 7 heteroatoms. The molecule has 0 spiro atoms. The second kappa shape index (κ2) is 10.8. The first kappa shape index (κ1) is 21.9. The lowest BCUT2D eigenvalue weighted by atomic mass is 9.99. The molecular weight excluding hydrogens is 372 g/mol. The van der Waals surface area contributed by atoms with Crippen LogP contribution in [0.5, 0.6) is 0 Å². The average molecular weight is 398 g/mol. The monoisotopic (exact) mass is 398 g/mol. The van der Waals surface area contributed by atoms with Crippen molar-refractivity contribution in [2.75, 3.05) is 19.5 Å². The number of hydrogen-bond acceptors (Lipinski definition) is 6. The summed E-state index contributed by atoms with van der Waals surface area (Å²) in [6.07, 6.45) is -0.552. The SMILES string of the molecule is CNc1ccc(C(=O)CCC(NC(=O)OCc2ccccc2)C(=O)OC)c(C)c1. The highest BCUT2D eigenvalue weighted by Crippen LogP contribution is 2.17. The number of ketones is 1. The molecule has 0 aromatic heterocycles. The van der Waals surface area contributed by atoms with E-state index >= 15 is 0 Å². The van der Waals surface area contributed by atoms with Crippen LogP contribution in [0.2, 0.25) is 0 Å². The van der Waals surface area contributed by atoms with E-state index in [1.165, 1.54) is 7.11 Å². The van der Waals surface area contributed by atoms with Gasteiger partial charge in [0.15, 0.2) is 5.78 Å². The van der Waals surface area contributed by atoms with Gasteiger partial charge in [-0.3, -0.25) is 4.79 Å². The molecule has 2 aromatic carbocycles. The number of amides is 1. The molecule has 0 saturated heterocycles. The van der Waals surface area contributed by atoms with Gasteiger partial charge < -0.3 is 20.1 Å². The van der Waals surface area contributed by atoms with Crippen LogP contribution >= 0.6 is 0 Å². The standard InChI is InChI=1S/C22H26N2O5/c1-15-13-17(23-2)9-10-18(15)20(25)12-11-19(21(26)28-3)24-22(27)29-14-16-7-5-4-6-8-16/h4-10,13,19,23H,11-12,14H2,1-3H3,(H,24,27). The van der Waals surface area contributed by atoms with Gasteiger partial charge in [-0.15, -0.1) is 0 Å². The Balaban J connectivity index is 1.93. The Morgan fingerprint density at radius 3 is 2.41 bits per heavy atom. The Labute approximate surface area is 170 Å². The molecule has 1 amide bonds. The van der Waals surface area contributed by atoms with Gasteiger partial charge in [-0.25, -0.2) is 9.59 Å². The number of rotatable bonds is 9. The first-order valence-corrected chi connectivity index (χ1v) is 9.31. The highest BCUT2D eigenvalue weighted by Gasteiger charge is 2.24. The van der Waals surface area contributed by atoms with Crippen molar-refractivity contribution in [2.24, 2.45) is 0 Å². The zero-order valence-electron chi connectivity index (χ0n) is 16.9. The van der Waals surface area contributed by atoms with Crippen molar-refractivity contribution in [3.05, 3.63) is 65.2 Å². The quantitative estimate of drug-likeness (QED) is 0.496. The Morgan fingerprint density at radius 1 is 1.07 bits per heavy atom. The number of carbonyl (C=O) groups excluding carboxylic acids is 3. The van der Waals surface area contributed by atoms with Crippen LogP contribution in [0, 0.1) is 6.92 Å². The van der Waals surface area contributed by atoms with Crippen LogP contribution in [0.4, 0.5) is 10.5 Å². The summed E-state index contributed by atoms with van der Waals surface area (Å²) < 4.78 is 9.88. The molecular formula is C22H26N2O5. The molecule has 0 radical (unpaired) electrons. The number of methoxy groups -OCH3 is 1. The van der Waals surface area contributed by atoms with Crippen LogP contribution in [-0.4, -0.2) is 38.0 Å². The fourth-order valence-corrected chi connectivity index (χ4v) is 2.84. The fourth-order valence-electron chi connectivity index (χ4n) is 2.84. The molecule has 1 atom stereocenters. The van der Waals surface area contributed by atoms with Crippen LogP contribution in [0.3, 0.4) is 0 Å². The maximum atomic E-state index is 12.6.